The SMILES string of the molecule is COc1cc(C(=O)N2CCCC2CO[Si](C)(C)C(C)(C)C)c(N)cc1OCCCOc1cc(OC(N)=O)c(C(=O)N2CCCC2CO[Si](C)(C)C(C)(C)C)cc1OC. The van der Waals surface area contributed by atoms with Crippen molar-refractivity contribution in [1.82, 2.24) is 9.80 Å². The number of methoxy groups -OCH3 is 2. The van der Waals surface area contributed by atoms with Crippen molar-refractivity contribution in [3.05, 3.63) is 35.4 Å². The summed E-state index contributed by atoms with van der Waals surface area (Å²) in [6.45, 7) is 24.5. The van der Waals surface area contributed by atoms with E-state index in [4.69, 9.17) is 44.0 Å². The van der Waals surface area contributed by atoms with E-state index in [1.54, 1.807) is 17.0 Å². The average molecular weight is 845 g/mol. The van der Waals surface area contributed by atoms with Crippen molar-refractivity contribution in [1.29, 1.82) is 0 Å². The first-order valence-electron chi connectivity index (χ1n) is 20.3. The molecular weight excluding hydrogens is 777 g/mol. The van der Waals surface area contributed by atoms with Crippen molar-refractivity contribution in [2.24, 2.45) is 5.73 Å². The molecule has 324 valence electrons. The van der Waals surface area contributed by atoms with Crippen LogP contribution in [-0.4, -0.2) is 110 Å². The molecule has 0 spiro atoms. The summed E-state index contributed by atoms with van der Waals surface area (Å²) >= 11 is 0. The number of rotatable bonds is 17. The number of likely N-dealkylation sites (tertiary alicyclic amines) is 2. The maximum absolute atomic E-state index is 14.0. The molecule has 0 radical (unpaired) electrons. The van der Waals surface area contributed by atoms with Crippen LogP contribution in [0.15, 0.2) is 24.3 Å². The molecule has 2 aromatic carbocycles. The number of nitrogens with zero attached hydrogens (tertiary/aromatic N) is 2. The zero-order valence-electron chi connectivity index (χ0n) is 36.9. The Balaban J connectivity index is 1.40. The number of nitrogen functional groups attached to an aromatic ring is 1. The Bertz CT molecular complexity index is 1780. The number of benzene rings is 2. The predicted octanol–water partition coefficient (Wildman–Crippen LogP) is 7.84. The van der Waals surface area contributed by atoms with Crippen LogP contribution in [0, 0.1) is 0 Å². The average Bonchev–Trinajstić information content (AvgIpc) is 3.81. The molecule has 14 nitrogen and oxygen atoms in total. The van der Waals surface area contributed by atoms with Crippen molar-refractivity contribution < 1.29 is 46.9 Å². The molecule has 2 aliphatic heterocycles. The summed E-state index contributed by atoms with van der Waals surface area (Å²) in [5, 5.41) is 0.106. The minimum absolute atomic E-state index is 0.0216. The third kappa shape index (κ3) is 11.2. The predicted molar refractivity (Wildman–Crippen MR) is 231 cm³/mol. The second-order valence-electron chi connectivity index (χ2n) is 18.3. The lowest BCUT2D eigenvalue weighted by atomic mass is 10.1. The highest BCUT2D eigenvalue weighted by atomic mass is 28.4. The van der Waals surface area contributed by atoms with Crippen molar-refractivity contribution in [3.63, 3.8) is 0 Å². The monoisotopic (exact) mass is 844 g/mol. The largest absolute Gasteiger partial charge is 0.493 e. The van der Waals surface area contributed by atoms with Crippen LogP contribution in [0.2, 0.25) is 36.3 Å². The molecule has 3 amide bonds. The molecule has 0 bridgehead atoms. The molecule has 4 rings (SSSR count). The topological polar surface area (TPSA) is 174 Å². The van der Waals surface area contributed by atoms with Gasteiger partial charge >= 0.3 is 6.09 Å². The van der Waals surface area contributed by atoms with Crippen LogP contribution in [0.4, 0.5) is 10.5 Å². The molecule has 2 atom stereocenters. The lowest BCUT2D eigenvalue weighted by Crippen LogP contribution is -2.46. The molecule has 2 heterocycles. The van der Waals surface area contributed by atoms with Crippen molar-refractivity contribution >= 4 is 40.2 Å². The Morgan fingerprint density at radius 2 is 1.10 bits per heavy atom. The highest BCUT2D eigenvalue weighted by Crippen LogP contribution is 2.40. The number of carbonyl (C=O) groups excluding carboxylic acids is 3. The molecule has 0 saturated carbocycles. The maximum atomic E-state index is 14.0. The zero-order valence-corrected chi connectivity index (χ0v) is 38.9. The van der Waals surface area contributed by atoms with E-state index >= 15 is 0 Å². The van der Waals surface area contributed by atoms with E-state index in [0.29, 0.717) is 49.8 Å². The summed E-state index contributed by atoms with van der Waals surface area (Å²) in [5.74, 6) is 0.822. The van der Waals surface area contributed by atoms with E-state index in [9.17, 15) is 14.4 Å². The molecule has 58 heavy (non-hydrogen) atoms. The molecule has 2 fully saturated rings. The van der Waals surface area contributed by atoms with Gasteiger partial charge in [0.05, 0.1) is 63.9 Å². The van der Waals surface area contributed by atoms with Gasteiger partial charge in [0.25, 0.3) is 11.8 Å². The van der Waals surface area contributed by atoms with Crippen LogP contribution < -0.4 is 35.2 Å². The Hall–Kier alpha value is -4.00. The third-order valence-electron chi connectivity index (χ3n) is 12.2. The van der Waals surface area contributed by atoms with Gasteiger partial charge in [-0.2, -0.15) is 0 Å². The Morgan fingerprint density at radius 3 is 1.53 bits per heavy atom. The first kappa shape index (κ1) is 46.7. The molecular formula is C42H68N4O10Si2. The fraction of sp³-hybridized carbons (Fsp3) is 0.643. The Kier molecular flexibility index (Phi) is 15.2. The summed E-state index contributed by atoms with van der Waals surface area (Å²) in [6.07, 6.45) is 2.78. The van der Waals surface area contributed by atoms with Gasteiger partial charge in [-0.25, -0.2) is 4.79 Å². The summed E-state index contributed by atoms with van der Waals surface area (Å²) in [6, 6.07) is 6.06. The number of anilines is 1. The van der Waals surface area contributed by atoms with Crippen LogP contribution in [0.25, 0.3) is 0 Å². The van der Waals surface area contributed by atoms with Gasteiger partial charge in [-0.05, 0) is 68.0 Å². The number of nitrogens with two attached hydrogens (primary N) is 2. The van der Waals surface area contributed by atoms with Gasteiger partial charge in [-0.1, -0.05) is 41.5 Å². The lowest BCUT2D eigenvalue weighted by Gasteiger charge is -2.38. The number of ether oxygens (including phenoxy) is 5. The lowest BCUT2D eigenvalue weighted by molar-refractivity contribution is 0.0676. The van der Waals surface area contributed by atoms with Crippen LogP contribution in [0.1, 0.15) is 94.4 Å². The summed E-state index contributed by atoms with van der Waals surface area (Å²) in [4.78, 5) is 43.4. The van der Waals surface area contributed by atoms with Gasteiger partial charge < -0.3 is 53.8 Å². The second kappa shape index (κ2) is 18.9. The molecule has 2 unspecified atom stereocenters. The normalized spacial score (nSPS) is 17.7. The molecule has 4 N–H and O–H groups in total. The number of hydrogen-bond donors (Lipinski definition) is 2. The minimum Gasteiger partial charge on any atom is -0.493 e. The Labute approximate surface area is 347 Å². The Morgan fingerprint density at radius 1 is 0.672 bits per heavy atom. The van der Waals surface area contributed by atoms with E-state index in [2.05, 4.69) is 67.7 Å². The highest BCUT2D eigenvalue weighted by Gasteiger charge is 2.41. The standard InChI is InChI=1S/C42H68N4O10Si2/c1-41(2,3)57(9,10)54-26-28-16-13-18-45(28)38(47)30-22-34(50-7)36(24-32(30)43)52-20-15-21-53-37-25-33(56-40(44)49)31(23-35(37)51-8)39(48)46-19-14-17-29(46)27-55-58(11,12)42(4,5)6/h22-25,28-29H,13-21,26-27,43H2,1-12H3,(H2,44,49). The summed E-state index contributed by atoms with van der Waals surface area (Å²) in [7, 11) is -1.03. The van der Waals surface area contributed by atoms with Gasteiger partial charge in [0.1, 0.15) is 5.75 Å². The first-order chi connectivity index (χ1) is 27.0. The van der Waals surface area contributed by atoms with Crippen LogP contribution in [0.3, 0.4) is 0 Å². The third-order valence-corrected chi connectivity index (χ3v) is 21.2. The zero-order chi connectivity index (χ0) is 43.2. The van der Waals surface area contributed by atoms with Gasteiger partial charge in [0.15, 0.2) is 39.6 Å². The van der Waals surface area contributed by atoms with E-state index < -0.39 is 22.7 Å². The van der Waals surface area contributed by atoms with Crippen LogP contribution >= 0.6 is 0 Å². The first-order valence-corrected chi connectivity index (χ1v) is 26.1. The van der Waals surface area contributed by atoms with E-state index in [-0.39, 0.29) is 75.7 Å². The van der Waals surface area contributed by atoms with Gasteiger partial charge in [0, 0.05) is 43.4 Å². The fourth-order valence-electron chi connectivity index (χ4n) is 6.53. The molecule has 2 aliphatic rings. The quantitative estimate of drug-likeness (QED) is 0.0902. The maximum Gasteiger partial charge on any atom is 0.409 e. The smallest absolute Gasteiger partial charge is 0.409 e. The summed E-state index contributed by atoms with van der Waals surface area (Å²) < 4.78 is 41.6. The van der Waals surface area contributed by atoms with Crippen molar-refractivity contribution in [3.8, 4) is 28.7 Å². The van der Waals surface area contributed by atoms with Gasteiger partial charge in [-0.15, -0.1) is 0 Å². The van der Waals surface area contributed by atoms with Crippen molar-refractivity contribution in [2.75, 3.05) is 59.5 Å². The van der Waals surface area contributed by atoms with Crippen molar-refractivity contribution in [2.45, 2.75) is 122 Å². The molecule has 0 aliphatic carbocycles. The van der Waals surface area contributed by atoms with E-state index in [1.807, 2.05) is 4.90 Å². The second-order valence-corrected chi connectivity index (χ2v) is 27.9. The van der Waals surface area contributed by atoms with Crippen LogP contribution in [-0.2, 0) is 8.85 Å². The van der Waals surface area contributed by atoms with E-state index in [1.165, 1.54) is 26.4 Å². The fourth-order valence-corrected chi connectivity index (χ4v) is 8.62. The number of amides is 3. The molecule has 2 saturated heterocycles. The van der Waals surface area contributed by atoms with Gasteiger partial charge in [0.2, 0.25) is 0 Å². The molecule has 0 aromatic heterocycles. The summed E-state index contributed by atoms with van der Waals surface area (Å²) in [5.41, 5.74) is 12.7. The number of hydrogen-bond acceptors (Lipinski definition) is 11. The minimum atomic E-state index is -2.04. The van der Waals surface area contributed by atoms with Crippen LogP contribution in [0.5, 0.6) is 28.7 Å². The van der Waals surface area contributed by atoms with Gasteiger partial charge in [-0.3, -0.25) is 9.59 Å². The molecule has 2 aromatic rings. The molecule has 16 heteroatoms. The highest BCUT2D eigenvalue weighted by molar-refractivity contribution is 6.74. The number of carbonyl (C=O) groups is 3. The van der Waals surface area contributed by atoms with E-state index in [0.717, 1.165) is 25.7 Å². The number of primary amides is 1.